The van der Waals surface area contributed by atoms with Crippen LogP contribution >= 0.6 is 0 Å². The molecule has 1 aromatic heterocycles. The summed E-state index contributed by atoms with van der Waals surface area (Å²) in [5, 5.41) is 5.55. The highest BCUT2D eigenvalue weighted by Gasteiger charge is 2.08. The zero-order valence-electron chi connectivity index (χ0n) is 14.0. The average molecular weight is 336 g/mol. The van der Waals surface area contributed by atoms with Crippen molar-refractivity contribution in [1.82, 2.24) is 20.6 Å². The van der Waals surface area contributed by atoms with E-state index in [0.717, 1.165) is 16.6 Å². The summed E-state index contributed by atoms with van der Waals surface area (Å²) in [6.07, 6.45) is 0.220. The number of fused-ring (bicyclic) bond motifs is 1. The molecule has 128 valence electrons. The number of hydrogen-bond acceptors (Lipinski definition) is 3. The highest BCUT2D eigenvalue weighted by Crippen LogP contribution is 2.09. The number of para-hydroxylation sites is 2. The Morgan fingerprint density at radius 2 is 1.92 bits per heavy atom. The van der Waals surface area contributed by atoms with E-state index in [0.29, 0.717) is 24.5 Å². The van der Waals surface area contributed by atoms with Crippen LogP contribution in [0.3, 0.4) is 0 Å². The van der Waals surface area contributed by atoms with Crippen molar-refractivity contribution in [1.29, 1.82) is 0 Å². The molecule has 0 atom stereocenters. The van der Waals surface area contributed by atoms with Crippen molar-refractivity contribution in [3.05, 3.63) is 65.5 Å². The monoisotopic (exact) mass is 336 g/mol. The normalized spacial score (nSPS) is 10.6. The summed E-state index contributed by atoms with van der Waals surface area (Å²) in [5.41, 5.74) is 3.44. The van der Waals surface area contributed by atoms with E-state index < -0.39 is 0 Å². The molecule has 0 unspecified atom stereocenters. The molecule has 25 heavy (non-hydrogen) atoms. The molecule has 0 bridgehead atoms. The average Bonchev–Trinajstić information content (AvgIpc) is 3.03. The molecular weight excluding hydrogens is 316 g/mol. The SMILES string of the molecule is Cc1cccc(C(=O)NCCC(=O)NCc2nc3ccccc3[nH]2)c1. The van der Waals surface area contributed by atoms with Crippen LogP contribution in [0.1, 0.15) is 28.2 Å². The molecule has 3 aromatic rings. The van der Waals surface area contributed by atoms with Crippen LogP contribution in [0.15, 0.2) is 48.5 Å². The van der Waals surface area contributed by atoms with Crippen molar-refractivity contribution in [2.24, 2.45) is 0 Å². The number of aromatic amines is 1. The fourth-order valence-electron chi connectivity index (χ4n) is 2.54. The topological polar surface area (TPSA) is 86.9 Å². The molecule has 2 amide bonds. The van der Waals surface area contributed by atoms with Crippen molar-refractivity contribution < 1.29 is 9.59 Å². The Balaban J connectivity index is 1.43. The number of H-pyrrole nitrogens is 1. The van der Waals surface area contributed by atoms with E-state index in [1.165, 1.54) is 0 Å². The van der Waals surface area contributed by atoms with E-state index in [-0.39, 0.29) is 18.2 Å². The Labute approximate surface area is 145 Å². The number of imidazole rings is 1. The molecule has 0 radical (unpaired) electrons. The van der Waals surface area contributed by atoms with Gasteiger partial charge in [0.05, 0.1) is 17.6 Å². The van der Waals surface area contributed by atoms with Gasteiger partial charge in [0.15, 0.2) is 0 Å². The molecule has 0 aliphatic heterocycles. The van der Waals surface area contributed by atoms with Crippen molar-refractivity contribution in [3.63, 3.8) is 0 Å². The van der Waals surface area contributed by atoms with Crippen LogP contribution in [0.5, 0.6) is 0 Å². The maximum atomic E-state index is 12.0. The van der Waals surface area contributed by atoms with Gasteiger partial charge in [-0.05, 0) is 31.2 Å². The molecule has 0 aliphatic carbocycles. The first-order chi connectivity index (χ1) is 12.1. The van der Waals surface area contributed by atoms with Gasteiger partial charge in [0, 0.05) is 18.5 Å². The van der Waals surface area contributed by atoms with Crippen molar-refractivity contribution >= 4 is 22.8 Å². The van der Waals surface area contributed by atoms with E-state index >= 15 is 0 Å². The molecule has 2 aromatic carbocycles. The number of benzene rings is 2. The Hall–Kier alpha value is -3.15. The van der Waals surface area contributed by atoms with Gasteiger partial charge < -0.3 is 15.6 Å². The third kappa shape index (κ3) is 4.44. The lowest BCUT2D eigenvalue weighted by Gasteiger charge is -2.06. The molecule has 3 rings (SSSR count). The first-order valence-electron chi connectivity index (χ1n) is 8.17. The highest BCUT2D eigenvalue weighted by molar-refractivity contribution is 5.94. The fraction of sp³-hybridized carbons (Fsp3) is 0.211. The number of rotatable bonds is 6. The number of carbonyl (C=O) groups excluding carboxylic acids is 2. The standard InChI is InChI=1S/C19H20N4O2/c1-13-5-4-6-14(11-13)19(25)20-10-9-18(24)21-12-17-22-15-7-2-3-8-16(15)23-17/h2-8,11H,9-10,12H2,1H3,(H,20,25)(H,21,24)(H,22,23). The second kappa shape index (κ2) is 7.61. The molecule has 1 heterocycles. The lowest BCUT2D eigenvalue weighted by Crippen LogP contribution is -2.30. The molecule has 6 nitrogen and oxygen atoms in total. The van der Waals surface area contributed by atoms with Gasteiger partial charge in [-0.15, -0.1) is 0 Å². The van der Waals surface area contributed by atoms with Crippen LogP contribution in [0.4, 0.5) is 0 Å². The van der Waals surface area contributed by atoms with Crippen LogP contribution in [0.25, 0.3) is 11.0 Å². The number of carbonyl (C=O) groups is 2. The number of aryl methyl sites for hydroxylation is 1. The maximum absolute atomic E-state index is 12.0. The van der Waals surface area contributed by atoms with E-state index in [4.69, 9.17) is 0 Å². The summed E-state index contributed by atoms with van der Waals surface area (Å²) in [4.78, 5) is 31.5. The molecule has 0 spiro atoms. The lowest BCUT2D eigenvalue weighted by atomic mass is 10.1. The minimum absolute atomic E-state index is 0.134. The van der Waals surface area contributed by atoms with Crippen molar-refractivity contribution in [2.75, 3.05) is 6.54 Å². The van der Waals surface area contributed by atoms with Gasteiger partial charge in [0.1, 0.15) is 5.82 Å². The van der Waals surface area contributed by atoms with Gasteiger partial charge in [-0.1, -0.05) is 29.8 Å². The number of hydrogen-bond donors (Lipinski definition) is 3. The second-order valence-electron chi connectivity index (χ2n) is 5.85. The summed E-state index contributed by atoms with van der Waals surface area (Å²) in [6, 6.07) is 15.0. The summed E-state index contributed by atoms with van der Waals surface area (Å²) in [6.45, 7) is 2.56. The van der Waals surface area contributed by atoms with E-state index in [1.807, 2.05) is 49.4 Å². The third-order valence-corrected chi connectivity index (χ3v) is 3.81. The second-order valence-corrected chi connectivity index (χ2v) is 5.85. The van der Waals surface area contributed by atoms with Crippen LogP contribution < -0.4 is 10.6 Å². The maximum Gasteiger partial charge on any atom is 0.251 e. The minimum atomic E-state index is -0.172. The van der Waals surface area contributed by atoms with Crippen LogP contribution in [-0.2, 0) is 11.3 Å². The molecular formula is C19H20N4O2. The van der Waals surface area contributed by atoms with Crippen LogP contribution in [-0.4, -0.2) is 28.3 Å². The predicted molar refractivity (Wildman–Crippen MR) is 96.1 cm³/mol. The molecule has 3 N–H and O–H groups in total. The smallest absolute Gasteiger partial charge is 0.251 e. The van der Waals surface area contributed by atoms with Crippen molar-refractivity contribution in [2.45, 2.75) is 19.9 Å². The Morgan fingerprint density at radius 1 is 1.08 bits per heavy atom. The molecule has 0 aliphatic rings. The van der Waals surface area contributed by atoms with E-state index in [9.17, 15) is 9.59 Å². The molecule has 6 heteroatoms. The minimum Gasteiger partial charge on any atom is -0.352 e. The number of amides is 2. The summed E-state index contributed by atoms with van der Waals surface area (Å²) in [7, 11) is 0. The molecule has 0 saturated carbocycles. The number of nitrogens with one attached hydrogen (secondary N) is 3. The van der Waals surface area contributed by atoms with Crippen LogP contribution in [0.2, 0.25) is 0 Å². The molecule has 0 saturated heterocycles. The summed E-state index contributed by atoms with van der Waals surface area (Å²) < 4.78 is 0. The summed E-state index contributed by atoms with van der Waals surface area (Å²) in [5.74, 6) is 0.400. The first-order valence-corrected chi connectivity index (χ1v) is 8.17. The Bertz CT molecular complexity index is 868. The van der Waals surface area contributed by atoms with Gasteiger partial charge in [0.25, 0.3) is 5.91 Å². The van der Waals surface area contributed by atoms with Gasteiger partial charge in [-0.25, -0.2) is 4.98 Å². The lowest BCUT2D eigenvalue weighted by molar-refractivity contribution is -0.121. The Kier molecular flexibility index (Phi) is 5.09. The van der Waals surface area contributed by atoms with Gasteiger partial charge in [0.2, 0.25) is 5.91 Å². The quantitative estimate of drug-likeness (QED) is 0.645. The van der Waals surface area contributed by atoms with E-state index in [1.54, 1.807) is 6.07 Å². The van der Waals surface area contributed by atoms with Crippen molar-refractivity contribution in [3.8, 4) is 0 Å². The van der Waals surface area contributed by atoms with Gasteiger partial charge in [-0.3, -0.25) is 9.59 Å². The van der Waals surface area contributed by atoms with Gasteiger partial charge >= 0.3 is 0 Å². The summed E-state index contributed by atoms with van der Waals surface area (Å²) >= 11 is 0. The Morgan fingerprint density at radius 3 is 2.72 bits per heavy atom. The molecule has 0 fully saturated rings. The zero-order chi connectivity index (χ0) is 17.6. The largest absolute Gasteiger partial charge is 0.352 e. The fourth-order valence-corrected chi connectivity index (χ4v) is 2.54. The highest BCUT2D eigenvalue weighted by atomic mass is 16.2. The van der Waals surface area contributed by atoms with Crippen LogP contribution in [0, 0.1) is 6.92 Å². The first kappa shape index (κ1) is 16.7. The number of aromatic nitrogens is 2. The predicted octanol–water partition coefficient (Wildman–Crippen LogP) is 2.31. The third-order valence-electron chi connectivity index (χ3n) is 3.81. The van der Waals surface area contributed by atoms with Gasteiger partial charge in [-0.2, -0.15) is 0 Å². The zero-order valence-corrected chi connectivity index (χ0v) is 14.0. The number of nitrogens with zero attached hydrogens (tertiary/aromatic N) is 1. The van der Waals surface area contributed by atoms with E-state index in [2.05, 4.69) is 20.6 Å².